The molecular weight excluding hydrogens is 282 g/mol. The molecule has 0 aliphatic rings. The first-order chi connectivity index (χ1) is 8.90. The normalized spacial score (nSPS) is 12.5. The minimum Gasteiger partial charge on any atom is -0.376 e. The molecule has 2 rings (SSSR count). The molecule has 1 unspecified atom stereocenters. The number of anilines is 1. The third-order valence-electron chi connectivity index (χ3n) is 3.00. The van der Waals surface area contributed by atoms with Crippen molar-refractivity contribution in [3.63, 3.8) is 0 Å². The molecule has 6 heteroatoms. The highest BCUT2D eigenvalue weighted by Gasteiger charge is 2.14. The summed E-state index contributed by atoms with van der Waals surface area (Å²) in [5.41, 5.74) is 1.50. The van der Waals surface area contributed by atoms with E-state index in [1.54, 1.807) is 24.6 Å². The number of aromatic nitrogens is 2. The number of hydrogen-bond acceptors (Lipinski definition) is 4. The summed E-state index contributed by atoms with van der Waals surface area (Å²) in [6.45, 7) is 6.22. The van der Waals surface area contributed by atoms with Gasteiger partial charge in [-0.25, -0.2) is 4.68 Å². The average molecular weight is 298 g/mol. The fourth-order valence-corrected chi connectivity index (χ4v) is 3.25. The van der Waals surface area contributed by atoms with E-state index in [1.165, 1.54) is 20.0 Å². The van der Waals surface area contributed by atoms with E-state index in [4.69, 9.17) is 11.6 Å². The number of aryl methyl sites for hydroxylation is 3. The maximum Gasteiger partial charge on any atom is 0.287 e. The van der Waals surface area contributed by atoms with Crippen molar-refractivity contribution in [3.8, 4) is 0 Å². The van der Waals surface area contributed by atoms with Crippen molar-refractivity contribution in [2.75, 3.05) is 5.32 Å². The molecule has 0 aliphatic heterocycles. The SMILES string of the molecule is Cc1cc(C(C)Nc2cnn(C)c(=O)c2Cl)c(C)s1. The molecular formula is C13H16ClN3OS. The van der Waals surface area contributed by atoms with Crippen molar-refractivity contribution >= 4 is 28.6 Å². The van der Waals surface area contributed by atoms with Gasteiger partial charge in [-0.15, -0.1) is 11.3 Å². The van der Waals surface area contributed by atoms with Crippen LogP contribution < -0.4 is 10.9 Å². The number of thiophene rings is 1. The number of hydrogen-bond donors (Lipinski definition) is 1. The molecule has 0 aliphatic carbocycles. The van der Waals surface area contributed by atoms with E-state index < -0.39 is 0 Å². The molecule has 0 spiro atoms. The lowest BCUT2D eigenvalue weighted by Crippen LogP contribution is -2.21. The monoisotopic (exact) mass is 297 g/mol. The van der Waals surface area contributed by atoms with Crippen molar-refractivity contribution in [1.29, 1.82) is 0 Å². The highest BCUT2D eigenvalue weighted by Crippen LogP contribution is 2.29. The Kier molecular flexibility index (Phi) is 3.96. The van der Waals surface area contributed by atoms with Gasteiger partial charge in [0.15, 0.2) is 0 Å². The summed E-state index contributed by atoms with van der Waals surface area (Å²) < 4.78 is 1.22. The lowest BCUT2D eigenvalue weighted by molar-refractivity contribution is 0.706. The van der Waals surface area contributed by atoms with Gasteiger partial charge in [-0.1, -0.05) is 11.6 Å². The van der Waals surface area contributed by atoms with Crippen LogP contribution in [0.3, 0.4) is 0 Å². The van der Waals surface area contributed by atoms with Gasteiger partial charge in [0, 0.05) is 22.8 Å². The van der Waals surface area contributed by atoms with Gasteiger partial charge in [-0.2, -0.15) is 5.10 Å². The van der Waals surface area contributed by atoms with Crippen LogP contribution in [-0.2, 0) is 7.05 Å². The predicted octanol–water partition coefficient (Wildman–Crippen LogP) is 3.29. The first-order valence-corrected chi connectivity index (χ1v) is 7.15. The minimum absolute atomic E-state index is 0.0800. The Balaban J connectivity index is 2.29. The van der Waals surface area contributed by atoms with Gasteiger partial charge in [0.25, 0.3) is 5.56 Å². The molecule has 0 saturated heterocycles. The molecule has 0 amide bonds. The first kappa shape index (κ1) is 14.1. The molecule has 0 aromatic carbocycles. The van der Waals surface area contributed by atoms with E-state index in [9.17, 15) is 4.79 Å². The Morgan fingerprint density at radius 2 is 2.16 bits per heavy atom. The van der Waals surface area contributed by atoms with Gasteiger partial charge >= 0.3 is 0 Å². The summed E-state index contributed by atoms with van der Waals surface area (Å²) in [6, 6.07) is 2.23. The van der Waals surface area contributed by atoms with Gasteiger partial charge in [-0.3, -0.25) is 4.79 Å². The molecule has 0 fully saturated rings. The lowest BCUT2D eigenvalue weighted by Gasteiger charge is -2.16. The Morgan fingerprint density at radius 3 is 2.74 bits per heavy atom. The molecule has 2 heterocycles. The third kappa shape index (κ3) is 2.82. The molecule has 102 valence electrons. The van der Waals surface area contributed by atoms with E-state index in [1.807, 2.05) is 6.92 Å². The van der Waals surface area contributed by atoms with Crippen molar-refractivity contribution in [2.24, 2.45) is 7.05 Å². The summed E-state index contributed by atoms with van der Waals surface area (Å²) >= 11 is 7.81. The maximum atomic E-state index is 11.7. The van der Waals surface area contributed by atoms with Crippen LogP contribution in [0.4, 0.5) is 5.69 Å². The van der Waals surface area contributed by atoms with Gasteiger partial charge in [0.2, 0.25) is 0 Å². The molecule has 19 heavy (non-hydrogen) atoms. The van der Waals surface area contributed by atoms with Gasteiger partial charge in [0.05, 0.1) is 11.9 Å². The Labute approximate surface area is 121 Å². The van der Waals surface area contributed by atoms with Crippen LogP contribution in [0.15, 0.2) is 17.1 Å². The Hall–Kier alpha value is -1.33. The van der Waals surface area contributed by atoms with E-state index in [0.717, 1.165) is 0 Å². The second kappa shape index (κ2) is 5.35. The lowest BCUT2D eigenvalue weighted by atomic mass is 10.1. The fraction of sp³-hybridized carbons (Fsp3) is 0.385. The summed E-state index contributed by atoms with van der Waals surface area (Å²) in [4.78, 5) is 14.3. The van der Waals surface area contributed by atoms with Crippen LogP contribution in [0.2, 0.25) is 5.02 Å². The Bertz CT molecular complexity index is 662. The van der Waals surface area contributed by atoms with E-state index in [2.05, 4.69) is 30.3 Å². The zero-order chi connectivity index (χ0) is 14.2. The summed E-state index contributed by atoms with van der Waals surface area (Å²) in [7, 11) is 1.58. The number of nitrogens with zero attached hydrogens (tertiary/aromatic N) is 2. The first-order valence-electron chi connectivity index (χ1n) is 5.95. The molecule has 0 saturated carbocycles. The zero-order valence-electron chi connectivity index (χ0n) is 11.3. The van der Waals surface area contributed by atoms with Crippen LogP contribution >= 0.6 is 22.9 Å². The molecule has 4 nitrogen and oxygen atoms in total. The zero-order valence-corrected chi connectivity index (χ0v) is 12.9. The van der Waals surface area contributed by atoms with Crippen LogP contribution in [0.25, 0.3) is 0 Å². The number of nitrogens with one attached hydrogen (secondary N) is 1. The van der Waals surface area contributed by atoms with Crippen LogP contribution in [0.5, 0.6) is 0 Å². The largest absolute Gasteiger partial charge is 0.376 e. The standard InChI is InChI=1S/C13H16ClN3OS/c1-7-5-10(9(3)19-7)8(2)16-11-6-15-17(4)13(18)12(11)14/h5-6,8,16H,1-4H3. The highest BCUT2D eigenvalue weighted by atomic mass is 35.5. The summed E-state index contributed by atoms with van der Waals surface area (Å²) in [6.07, 6.45) is 1.58. The maximum absolute atomic E-state index is 11.7. The molecule has 2 aromatic rings. The van der Waals surface area contributed by atoms with Crippen molar-refractivity contribution < 1.29 is 0 Å². The number of rotatable bonds is 3. The quantitative estimate of drug-likeness (QED) is 0.945. The fourth-order valence-electron chi connectivity index (χ4n) is 2.00. The predicted molar refractivity (Wildman–Crippen MR) is 80.3 cm³/mol. The van der Waals surface area contributed by atoms with E-state index in [-0.39, 0.29) is 16.6 Å². The Morgan fingerprint density at radius 1 is 1.47 bits per heavy atom. The van der Waals surface area contributed by atoms with Gasteiger partial charge in [0.1, 0.15) is 5.02 Å². The van der Waals surface area contributed by atoms with E-state index in [0.29, 0.717) is 5.69 Å². The smallest absolute Gasteiger partial charge is 0.287 e. The van der Waals surface area contributed by atoms with Crippen LogP contribution in [0.1, 0.15) is 28.3 Å². The second-order valence-corrected chi connectivity index (χ2v) is 6.37. The topological polar surface area (TPSA) is 46.9 Å². The van der Waals surface area contributed by atoms with Crippen molar-refractivity contribution in [2.45, 2.75) is 26.8 Å². The number of halogens is 1. The van der Waals surface area contributed by atoms with Gasteiger partial charge in [-0.05, 0) is 32.4 Å². The summed E-state index contributed by atoms with van der Waals surface area (Å²) in [5.74, 6) is 0. The van der Waals surface area contributed by atoms with Crippen LogP contribution in [-0.4, -0.2) is 9.78 Å². The van der Waals surface area contributed by atoms with Crippen LogP contribution in [0, 0.1) is 13.8 Å². The van der Waals surface area contributed by atoms with Crippen molar-refractivity contribution in [1.82, 2.24) is 9.78 Å². The minimum atomic E-state index is -0.294. The summed E-state index contributed by atoms with van der Waals surface area (Å²) in [5, 5.41) is 7.40. The molecule has 2 aromatic heterocycles. The molecule has 1 N–H and O–H groups in total. The molecule has 0 radical (unpaired) electrons. The second-order valence-electron chi connectivity index (χ2n) is 4.54. The third-order valence-corrected chi connectivity index (χ3v) is 4.34. The van der Waals surface area contributed by atoms with Crippen molar-refractivity contribution in [3.05, 3.63) is 43.0 Å². The van der Waals surface area contributed by atoms with Gasteiger partial charge < -0.3 is 5.32 Å². The van der Waals surface area contributed by atoms with E-state index >= 15 is 0 Å². The average Bonchev–Trinajstić information content (AvgIpc) is 2.69. The molecule has 0 bridgehead atoms. The molecule has 1 atom stereocenters. The highest BCUT2D eigenvalue weighted by molar-refractivity contribution is 7.12.